The number of nitrogens with one attached hydrogen (secondary N) is 2. The van der Waals surface area contributed by atoms with Gasteiger partial charge in [-0.25, -0.2) is 4.39 Å². The fraction of sp³-hybridized carbons (Fsp3) is 0.556. The molecule has 0 saturated heterocycles. The average Bonchev–Trinajstić information content (AvgIpc) is 2.39. The van der Waals surface area contributed by atoms with Crippen molar-refractivity contribution in [3.05, 3.63) is 29.0 Å². The van der Waals surface area contributed by atoms with E-state index in [0.717, 1.165) is 25.3 Å². The quantitative estimate of drug-likeness (QED) is 0.784. The highest BCUT2D eigenvalue weighted by atomic mass is 35.5. The lowest BCUT2D eigenvalue weighted by Crippen LogP contribution is -2.48. The fourth-order valence-electron chi connectivity index (χ4n) is 3.96. The molecule has 132 valence electrons. The summed E-state index contributed by atoms with van der Waals surface area (Å²) < 4.78 is 13.4. The van der Waals surface area contributed by atoms with Crippen LogP contribution in [0, 0.1) is 16.6 Å². The van der Waals surface area contributed by atoms with E-state index in [1.807, 2.05) is 0 Å². The summed E-state index contributed by atoms with van der Waals surface area (Å²) >= 11 is 5.60. The molecular weight excluding hydrogens is 331 g/mol. The standard InChI is InChI=1S/C18H24ClFN2O2/c1-17(2)8-12(9-18(3,4)10-17)22-16(24)15(23)21-11-5-6-13(19)14(20)7-11/h5-7,12H,8-10H2,1-4H3,(H,21,23)(H,22,24). The molecule has 1 saturated carbocycles. The molecule has 1 aromatic carbocycles. The lowest BCUT2D eigenvalue weighted by atomic mass is 9.63. The molecule has 0 aliphatic heterocycles. The van der Waals surface area contributed by atoms with Gasteiger partial charge >= 0.3 is 11.8 Å². The molecule has 0 atom stereocenters. The van der Waals surface area contributed by atoms with Crippen LogP contribution in [-0.4, -0.2) is 17.9 Å². The molecule has 1 aliphatic carbocycles. The summed E-state index contributed by atoms with van der Waals surface area (Å²) in [6.07, 6.45) is 2.72. The molecule has 0 aromatic heterocycles. The number of hydrogen-bond acceptors (Lipinski definition) is 2. The monoisotopic (exact) mass is 354 g/mol. The smallest absolute Gasteiger partial charge is 0.313 e. The summed E-state index contributed by atoms with van der Waals surface area (Å²) in [5.41, 5.74) is 0.409. The Morgan fingerprint density at radius 1 is 1.12 bits per heavy atom. The SMILES string of the molecule is CC1(C)CC(NC(=O)C(=O)Nc2ccc(Cl)c(F)c2)CC(C)(C)C1. The molecule has 6 heteroatoms. The second-order valence-electron chi connectivity index (χ2n) is 8.17. The van der Waals surface area contributed by atoms with E-state index in [1.165, 1.54) is 12.1 Å². The number of hydrogen-bond donors (Lipinski definition) is 2. The highest BCUT2D eigenvalue weighted by Crippen LogP contribution is 2.45. The van der Waals surface area contributed by atoms with E-state index < -0.39 is 17.6 Å². The summed E-state index contributed by atoms with van der Waals surface area (Å²) in [7, 11) is 0. The first-order chi connectivity index (χ1) is 11.0. The van der Waals surface area contributed by atoms with Crippen LogP contribution >= 0.6 is 11.6 Å². The van der Waals surface area contributed by atoms with E-state index in [0.29, 0.717) is 0 Å². The van der Waals surface area contributed by atoms with Crippen molar-refractivity contribution in [2.24, 2.45) is 10.8 Å². The molecule has 0 spiro atoms. The van der Waals surface area contributed by atoms with Gasteiger partial charge in [-0.05, 0) is 48.3 Å². The van der Waals surface area contributed by atoms with Crippen LogP contribution in [0.4, 0.5) is 10.1 Å². The van der Waals surface area contributed by atoms with Crippen molar-refractivity contribution in [3.63, 3.8) is 0 Å². The van der Waals surface area contributed by atoms with Gasteiger partial charge in [0, 0.05) is 11.7 Å². The van der Waals surface area contributed by atoms with Gasteiger partial charge in [0.25, 0.3) is 0 Å². The number of benzene rings is 1. The van der Waals surface area contributed by atoms with Crippen molar-refractivity contribution >= 4 is 29.1 Å². The molecule has 1 fully saturated rings. The van der Waals surface area contributed by atoms with Gasteiger partial charge in [-0.15, -0.1) is 0 Å². The number of amides is 2. The van der Waals surface area contributed by atoms with Crippen LogP contribution in [0.3, 0.4) is 0 Å². The highest BCUT2D eigenvalue weighted by molar-refractivity contribution is 6.39. The molecule has 1 aliphatic rings. The van der Waals surface area contributed by atoms with Crippen molar-refractivity contribution in [1.82, 2.24) is 5.32 Å². The molecule has 2 N–H and O–H groups in total. The maximum absolute atomic E-state index is 13.4. The largest absolute Gasteiger partial charge is 0.345 e. The molecular formula is C18H24ClFN2O2. The zero-order chi connectivity index (χ0) is 18.1. The first-order valence-corrected chi connectivity index (χ1v) is 8.42. The number of halogens is 2. The molecule has 4 nitrogen and oxygen atoms in total. The Bertz CT molecular complexity index is 642. The zero-order valence-corrected chi connectivity index (χ0v) is 15.3. The van der Waals surface area contributed by atoms with Gasteiger partial charge < -0.3 is 10.6 Å². The Kier molecular flexibility index (Phi) is 5.23. The van der Waals surface area contributed by atoms with Crippen molar-refractivity contribution in [2.45, 2.75) is 53.0 Å². The van der Waals surface area contributed by atoms with E-state index >= 15 is 0 Å². The van der Waals surface area contributed by atoms with E-state index in [9.17, 15) is 14.0 Å². The average molecular weight is 355 g/mol. The van der Waals surface area contributed by atoms with Crippen LogP contribution in [0.25, 0.3) is 0 Å². The lowest BCUT2D eigenvalue weighted by molar-refractivity contribution is -0.137. The van der Waals surface area contributed by atoms with E-state index in [2.05, 4.69) is 38.3 Å². The summed E-state index contributed by atoms with van der Waals surface area (Å²) in [5.74, 6) is -2.16. The molecule has 0 bridgehead atoms. The minimum absolute atomic E-state index is 0.0379. The molecule has 0 heterocycles. The predicted molar refractivity (Wildman–Crippen MR) is 93.4 cm³/mol. The van der Waals surface area contributed by atoms with Gasteiger partial charge in [-0.3, -0.25) is 9.59 Å². The van der Waals surface area contributed by atoms with E-state index in [4.69, 9.17) is 11.6 Å². The molecule has 0 radical (unpaired) electrons. The number of carbonyl (C=O) groups is 2. The third kappa shape index (κ3) is 4.94. The van der Waals surface area contributed by atoms with E-state index in [1.54, 1.807) is 0 Å². The highest BCUT2D eigenvalue weighted by Gasteiger charge is 2.39. The van der Waals surface area contributed by atoms with E-state index in [-0.39, 0.29) is 27.6 Å². The maximum atomic E-state index is 13.4. The second-order valence-corrected chi connectivity index (χ2v) is 8.57. The first-order valence-electron chi connectivity index (χ1n) is 8.04. The normalized spacial score (nSPS) is 19.6. The summed E-state index contributed by atoms with van der Waals surface area (Å²) in [6, 6.07) is 3.81. The van der Waals surface area contributed by atoms with Gasteiger partial charge in [0.15, 0.2) is 0 Å². The Hall–Kier alpha value is -1.62. The number of rotatable bonds is 2. The lowest BCUT2D eigenvalue weighted by Gasteiger charge is -2.45. The summed E-state index contributed by atoms with van der Waals surface area (Å²) in [6.45, 7) is 8.68. The molecule has 2 rings (SSSR count). The first kappa shape index (κ1) is 18.7. The van der Waals surface area contributed by atoms with Crippen LogP contribution in [0.15, 0.2) is 18.2 Å². The van der Waals surface area contributed by atoms with Crippen molar-refractivity contribution in [3.8, 4) is 0 Å². The van der Waals surface area contributed by atoms with Gasteiger partial charge in [-0.1, -0.05) is 39.3 Å². The van der Waals surface area contributed by atoms with Gasteiger partial charge in [-0.2, -0.15) is 0 Å². The van der Waals surface area contributed by atoms with Crippen LogP contribution in [0.2, 0.25) is 5.02 Å². The topological polar surface area (TPSA) is 58.2 Å². The van der Waals surface area contributed by atoms with Gasteiger partial charge in [0.1, 0.15) is 5.82 Å². The third-order valence-electron chi connectivity index (χ3n) is 4.27. The molecule has 24 heavy (non-hydrogen) atoms. The molecule has 2 amide bonds. The summed E-state index contributed by atoms with van der Waals surface area (Å²) in [4.78, 5) is 24.2. The molecule has 1 aromatic rings. The van der Waals surface area contributed by atoms with Crippen LogP contribution < -0.4 is 10.6 Å². The Morgan fingerprint density at radius 3 is 2.25 bits per heavy atom. The Balaban J connectivity index is 1.98. The Morgan fingerprint density at radius 2 is 1.71 bits per heavy atom. The Labute approximate surface area is 147 Å². The van der Waals surface area contributed by atoms with Crippen LogP contribution in [0.1, 0.15) is 47.0 Å². The number of carbonyl (C=O) groups excluding carboxylic acids is 2. The van der Waals surface area contributed by atoms with Crippen molar-refractivity contribution < 1.29 is 14.0 Å². The van der Waals surface area contributed by atoms with Crippen molar-refractivity contribution in [2.75, 3.05) is 5.32 Å². The van der Waals surface area contributed by atoms with Crippen LogP contribution in [-0.2, 0) is 9.59 Å². The summed E-state index contributed by atoms with van der Waals surface area (Å²) in [5, 5.41) is 5.16. The molecule has 0 unspecified atom stereocenters. The minimum atomic E-state index is -0.807. The van der Waals surface area contributed by atoms with Gasteiger partial charge in [0.05, 0.1) is 5.02 Å². The van der Waals surface area contributed by atoms with Gasteiger partial charge in [0.2, 0.25) is 0 Å². The fourth-order valence-corrected chi connectivity index (χ4v) is 4.08. The predicted octanol–water partition coefficient (Wildman–Crippen LogP) is 4.14. The zero-order valence-electron chi connectivity index (χ0n) is 14.5. The van der Waals surface area contributed by atoms with Crippen LogP contribution in [0.5, 0.6) is 0 Å². The van der Waals surface area contributed by atoms with Crippen molar-refractivity contribution in [1.29, 1.82) is 0 Å². The minimum Gasteiger partial charge on any atom is -0.345 e. The number of anilines is 1. The second kappa shape index (κ2) is 6.71. The third-order valence-corrected chi connectivity index (χ3v) is 4.58. The maximum Gasteiger partial charge on any atom is 0.313 e.